The number of imidazole rings is 1. The van der Waals surface area contributed by atoms with E-state index in [1.54, 1.807) is 37.4 Å². The summed E-state index contributed by atoms with van der Waals surface area (Å²) in [7, 11) is 1.49. The lowest BCUT2D eigenvalue weighted by Crippen LogP contribution is -2.35. The summed E-state index contributed by atoms with van der Waals surface area (Å²) in [5.74, 6) is -1.29. The Morgan fingerprint density at radius 3 is 2.39 bits per heavy atom. The Morgan fingerprint density at radius 2 is 1.76 bits per heavy atom. The standard InChI is InChI=1S/C23H24N4O6/c1-14-4-9-19(32-3)18(10-14)26-20(28)12-24-21(29)13-33-22(30)16-5-7-17(8-6-16)27-15(2)11-25-23(27)31/h4-11H,12-13H2,1-3H3,(H,24,29)(H,25,31)(H,26,28). The molecule has 10 heteroatoms. The van der Waals surface area contributed by atoms with Gasteiger partial charge in [0.2, 0.25) is 5.91 Å². The Hall–Kier alpha value is -4.34. The highest BCUT2D eigenvalue weighted by Gasteiger charge is 2.13. The number of rotatable bonds is 8. The van der Waals surface area contributed by atoms with Crippen LogP contribution in [0.5, 0.6) is 5.75 Å². The molecule has 0 radical (unpaired) electrons. The predicted octanol–water partition coefficient (Wildman–Crippen LogP) is 1.70. The Kier molecular flexibility index (Phi) is 7.29. The van der Waals surface area contributed by atoms with Gasteiger partial charge < -0.3 is 25.1 Å². The smallest absolute Gasteiger partial charge is 0.338 e. The molecule has 0 fully saturated rings. The van der Waals surface area contributed by atoms with E-state index < -0.39 is 24.4 Å². The van der Waals surface area contributed by atoms with Crippen molar-refractivity contribution in [3.8, 4) is 11.4 Å². The van der Waals surface area contributed by atoms with Crippen molar-refractivity contribution < 1.29 is 23.9 Å². The number of H-pyrrole nitrogens is 1. The van der Waals surface area contributed by atoms with Gasteiger partial charge in [-0.2, -0.15) is 0 Å². The minimum atomic E-state index is -0.705. The summed E-state index contributed by atoms with van der Waals surface area (Å²) in [4.78, 5) is 50.7. The molecular weight excluding hydrogens is 428 g/mol. The molecule has 0 aliphatic carbocycles. The molecule has 3 rings (SSSR count). The predicted molar refractivity (Wildman–Crippen MR) is 121 cm³/mol. The van der Waals surface area contributed by atoms with E-state index in [0.29, 0.717) is 17.1 Å². The lowest BCUT2D eigenvalue weighted by molar-refractivity contribution is -0.126. The van der Waals surface area contributed by atoms with Crippen LogP contribution in [0.2, 0.25) is 0 Å². The molecule has 3 aromatic rings. The molecule has 3 N–H and O–H groups in total. The molecule has 2 aromatic carbocycles. The summed E-state index contributed by atoms with van der Waals surface area (Å²) in [6.07, 6.45) is 1.58. The zero-order chi connectivity index (χ0) is 24.0. The minimum absolute atomic E-state index is 0.220. The fourth-order valence-corrected chi connectivity index (χ4v) is 3.08. The monoisotopic (exact) mass is 452 g/mol. The molecule has 1 aromatic heterocycles. The van der Waals surface area contributed by atoms with Gasteiger partial charge in [-0.25, -0.2) is 9.59 Å². The Balaban J connectivity index is 1.48. The molecular formula is C23H24N4O6. The van der Waals surface area contributed by atoms with Crippen LogP contribution in [0.15, 0.2) is 53.5 Å². The first-order valence-corrected chi connectivity index (χ1v) is 10.0. The number of methoxy groups -OCH3 is 1. The number of esters is 1. The summed E-state index contributed by atoms with van der Waals surface area (Å²) in [6.45, 7) is 2.81. The average Bonchev–Trinajstić information content (AvgIpc) is 3.14. The summed E-state index contributed by atoms with van der Waals surface area (Å²) in [6, 6.07) is 11.5. The van der Waals surface area contributed by atoms with Gasteiger partial charge in [-0.05, 0) is 55.8 Å². The van der Waals surface area contributed by atoms with E-state index in [2.05, 4.69) is 15.6 Å². The molecule has 172 valence electrons. The van der Waals surface area contributed by atoms with Gasteiger partial charge >= 0.3 is 11.7 Å². The van der Waals surface area contributed by atoms with Crippen LogP contribution >= 0.6 is 0 Å². The van der Waals surface area contributed by atoms with Crippen LogP contribution in [0.4, 0.5) is 5.69 Å². The summed E-state index contributed by atoms with van der Waals surface area (Å²) in [5, 5.41) is 5.05. The first-order chi connectivity index (χ1) is 15.8. The second-order valence-corrected chi connectivity index (χ2v) is 7.22. The number of aromatic nitrogens is 2. The van der Waals surface area contributed by atoms with Gasteiger partial charge in [-0.1, -0.05) is 6.07 Å². The molecule has 0 bridgehead atoms. The van der Waals surface area contributed by atoms with E-state index in [0.717, 1.165) is 11.3 Å². The third kappa shape index (κ3) is 5.88. The van der Waals surface area contributed by atoms with Crippen molar-refractivity contribution >= 4 is 23.5 Å². The van der Waals surface area contributed by atoms with Crippen LogP contribution in [-0.4, -0.2) is 47.6 Å². The lowest BCUT2D eigenvalue weighted by Gasteiger charge is -2.11. The summed E-state index contributed by atoms with van der Waals surface area (Å²) in [5.41, 5.74) is 2.66. The van der Waals surface area contributed by atoms with E-state index in [9.17, 15) is 19.2 Å². The average molecular weight is 452 g/mol. The maximum absolute atomic E-state index is 12.2. The number of carbonyl (C=O) groups is 3. The highest BCUT2D eigenvalue weighted by molar-refractivity contribution is 5.96. The number of nitrogens with zero attached hydrogens (tertiary/aromatic N) is 1. The number of anilines is 1. The molecule has 0 spiro atoms. The van der Waals surface area contributed by atoms with Crippen molar-refractivity contribution in [2.24, 2.45) is 0 Å². The number of hydrogen-bond acceptors (Lipinski definition) is 6. The molecule has 2 amide bonds. The zero-order valence-electron chi connectivity index (χ0n) is 18.4. The molecule has 0 aliphatic heterocycles. The number of carbonyl (C=O) groups excluding carboxylic acids is 3. The number of nitrogens with one attached hydrogen (secondary N) is 3. The number of ether oxygens (including phenoxy) is 2. The second kappa shape index (κ2) is 10.3. The van der Waals surface area contributed by atoms with E-state index in [4.69, 9.17) is 9.47 Å². The minimum Gasteiger partial charge on any atom is -0.495 e. The Bertz CT molecular complexity index is 1230. The fourth-order valence-electron chi connectivity index (χ4n) is 3.08. The van der Waals surface area contributed by atoms with Gasteiger partial charge in [0.1, 0.15) is 5.75 Å². The molecule has 33 heavy (non-hydrogen) atoms. The SMILES string of the molecule is COc1ccc(C)cc1NC(=O)CNC(=O)COC(=O)c1ccc(-n2c(C)c[nH]c2=O)cc1. The van der Waals surface area contributed by atoms with Gasteiger partial charge in [0, 0.05) is 11.9 Å². The summed E-state index contributed by atoms with van der Waals surface area (Å²) < 4.78 is 11.6. The first-order valence-electron chi connectivity index (χ1n) is 10.0. The number of benzene rings is 2. The number of amides is 2. The first kappa shape index (κ1) is 23.3. The molecule has 10 nitrogen and oxygen atoms in total. The Morgan fingerprint density at radius 1 is 1.03 bits per heavy atom. The number of aryl methyl sites for hydroxylation is 2. The van der Waals surface area contributed by atoms with Crippen molar-refractivity contribution in [3.63, 3.8) is 0 Å². The molecule has 0 aliphatic rings. The van der Waals surface area contributed by atoms with Crippen LogP contribution in [0.3, 0.4) is 0 Å². The zero-order valence-corrected chi connectivity index (χ0v) is 18.4. The van der Waals surface area contributed by atoms with Crippen LogP contribution in [0.1, 0.15) is 21.6 Å². The molecule has 0 atom stereocenters. The van der Waals surface area contributed by atoms with Crippen molar-refractivity contribution in [2.45, 2.75) is 13.8 Å². The topological polar surface area (TPSA) is 132 Å². The van der Waals surface area contributed by atoms with Crippen molar-refractivity contribution in [1.29, 1.82) is 0 Å². The summed E-state index contributed by atoms with van der Waals surface area (Å²) >= 11 is 0. The van der Waals surface area contributed by atoms with Gasteiger partial charge in [0.25, 0.3) is 5.91 Å². The van der Waals surface area contributed by atoms with Crippen molar-refractivity contribution in [1.82, 2.24) is 14.9 Å². The van der Waals surface area contributed by atoms with Gasteiger partial charge in [0.15, 0.2) is 6.61 Å². The third-order valence-electron chi connectivity index (χ3n) is 4.73. The van der Waals surface area contributed by atoms with E-state index >= 15 is 0 Å². The number of aromatic amines is 1. The van der Waals surface area contributed by atoms with Crippen LogP contribution in [0.25, 0.3) is 5.69 Å². The number of hydrogen-bond donors (Lipinski definition) is 3. The third-order valence-corrected chi connectivity index (χ3v) is 4.73. The molecule has 0 saturated heterocycles. The molecule has 1 heterocycles. The van der Waals surface area contributed by atoms with E-state index in [1.807, 2.05) is 13.0 Å². The maximum atomic E-state index is 12.2. The second-order valence-electron chi connectivity index (χ2n) is 7.22. The Labute approximate surface area is 189 Å². The quantitative estimate of drug-likeness (QED) is 0.446. The van der Waals surface area contributed by atoms with Gasteiger partial charge in [0.05, 0.1) is 30.6 Å². The lowest BCUT2D eigenvalue weighted by atomic mass is 10.2. The normalized spacial score (nSPS) is 10.4. The molecule has 0 saturated carbocycles. The molecule has 0 unspecified atom stereocenters. The van der Waals surface area contributed by atoms with Crippen LogP contribution < -0.4 is 21.1 Å². The van der Waals surface area contributed by atoms with Crippen molar-refractivity contribution in [3.05, 3.63) is 76.0 Å². The largest absolute Gasteiger partial charge is 0.495 e. The highest BCUT2D eigenvalue weighted by Crippen LogP contribution is 2.24. The van der Waals surface area contributed by atoms with E-state index in [1.165, 1.54) is 23.8 Å². The van der Waals surface area contributed by atoms with Gasteiger partial charge in [-0.15, -0.1) is 0 Å². The van der Waals surface area contributed by atoms with E-state index in [-0.39, 0.29) is 17.8 Å². The fraction of sp³-hybridized carbons (Fsp3) is 0.217. The highest BCUT2D eigenvalue weighted by atomic mass is 16.5. The van der Waals surface area contributed by atoms with Crippen LogP contribution in [-0.2, 0) is 14.3 Å². The van der Waals surface area contributed by atoms with Crippen LogP contribution in [0, 0.1) is 13.8 Å². The van der Waals surface area contributed by atoms with Gasteiger partial charge in [-0.3, -0.25) is 14.2 Å². The van der Waals surface area contributed by atoms with Crippen molar-refractivity contribution in [2.75, 3.05) is 25.6 Å². The maximum Gasteiger partial charge on any atom is 0.338 e.